The van der Waals surface area contributed by atoms with Crippen molar-refractivity contribution < 1.29 is 14.3 Å². The molecule has 1 unspecified atom stereocenters. The fraction of sp³-hybridized carbons (Fsp3) is 0.263. The third-order valence-electron chi connectivity index (χ3n) is 4.10. The third-order valence-corrected chi connectivity index (χ3v) is 4.35. The van der Waals surface area contributed by atoms with E-state index in [0.717, 1.165) is 12.0 Å². The van der Waals surface area contributed by atoms with Crippen LogP contribution in [0.2, 0.25) is 5.02 Å². The van der Waals surface area contributed by atoms with Crippen molar-refractivity contribution in [3.05, 3.63) is 64.7 Å². The molecular weight excluding hydrogens is 326 g/mol. The first-order valence-corrected chi connectivity index (χ1v) is 8.34. The number of para-hydroxylation sites is 1. The SMILES string of the molecule is CCCN1C(=O)Oc2ccccc2C1CC(=O)c1ccc(Cl)cc1. The number of benzene rings is 2. The average Bonchev–Trinajstić information content (AvgIpc) is 2.58. The zero-order valence-corrected chi connectivity index (χ0v) is 14.1. The van der Waals surface area contributed by atoms with Crippen molar-refractivity contribution in [3.8, 4) is 5.75 Å². The minimum atomic E-state index is -0.399. The zero-order valence-electron chi connectivity index (χ0n) is 13.4. The van der Waals surface area contributed by atoms with Crippen LogP contribution in [0.3, 0.4) is 0 Å². The van der Waals surface area contributed by atoms with Crippen molar-refractivity contribution in [3.63, 3.8) is 0 Å². The van der Waals surface area contributed by atoms with E-state index in [2.05, 4.69) is 0 Å². The summed E-state index contributed by atoms with van der Waals surface area (Å²) in [5, 5.41) is 0.589. The van der Waals surface area contributed by atoms with Gasteiger partial charge in [0.1, 0.15) is 5.75 Å². The van der Waals surface area contributed by atoms with Crippen LogP contribution in [0.15, 0.2) is 48.5 Å². The molecule has 0 bridgehead atoms. The molecule has 0 fully saturated rings. The van der Waals surface area contributed by atoms with Gasteiger partial charge in [0.15, 0.2) is 5.78 Å². The van der Waals surface area contributed by atoms with Crippen molar-refractivity contribution >= 4 is 23.5 Å². The number of carbonyl (C=O) groups is 2. The number of hydrogen-bond acceptors (Lipinski definition) is 3. The predicted molar refractivity (Wildman–Crippen MR) is 92.6 cm³/mol. The molecule has 0 saturated carbocycles. The Hall–Kier alpha value is -2.33. The lowest BCUT2D eigenvalue weighted by molar-refractivity contribution is 0.0873. The van der Waals surface area contributed by atoms with Crippen LogP contribution in [-0.4, -0.2) is 23.3 Å². The number of ether oxygens (including phenoxy) is 1. The van der Waals surface area contributed by atoms with Crippen molar-refractivity contribution in [1.29, 1.82) is 0 Å². The Labute approximate surface area is 146 Å². The van der Waals surface area contributed by atoms with E-state index in [4.69, 9.17) is 16.3 Å². The number of ketones is 1. The van der Waals surface area contributed by atoms with E-state index in [0.29, 0.717) is 22.9 Å². The van der Waals surface area contributed by atoms with Gasteiger partial charge in [0.25, 0.3) is 0 Å². The molecule has 0 aliphatic carbocycles. The molecule has 4 nitrogen and oxygen atoms in total. The Morgan fingerprint density at radius 3 is 2.58 bits per heavy atom. The lowest BCUT2D eigenvalue weighted by atomic mass is 9.95. The van der Waals surface area contributed by atoms with E-state index < -0.39 is 6.09 Å². The quantitative estimate of drug-likeness (QED) is 0.727. The number of Topliss-reactive ketones (excluding diaryl/α,β-unsaturated/α-hetero) is 1. The van der Waals surface area contributed by atoms with Crippen molar-refractivity contribution in [2.45, 2.75) is 25.8 Å². The highest BCUT2D eigenvalue weighted by molar-refractivity contribution is 6.30. The maximum atomic E-state index is 12.7. The zero-order chi connectivity index (χ0) is 17.1. The summed E-state index contributed by atoms with van der Waals surface area (Å²) in [6.07, 6.45) is 0.612. The van der Waals surface area contributed by atoms with E-state index in [9.17, 15) is 9.59 Å². The normalized spacial score (nSPS) is 16.5. The number of halogens is 1. The predicted octanol–water partition coefficient (Wildman–Crippen LogP) is 4.88. The highest BCUT2D eigenvalue weighted by atomic mass is 35.5. The molecule has 5 heteroatoms. The van der Waals surface area contributed by atoms with Gasteiger partial charge in [-0.2, -0.15) is 0 Å². The second kappa shape index (κ2) is 7.05. The standard InChI is InChI=1S/C19H18ClNO3/c1-2-11-21-16(12-17(22)13-7-9-14(20)10-8-13)15-5-3-4-6-18(15)24-19(21)23/h3-10,16H,2,11-12H2,1H3. The molecule has 1 atom stereocenters. The van der Waals surface area contributed by atoms with Gasteiger partial charge in [-0.3, -0.25) is 4.79 Å². The molecule has 2 aromatic rings. The minimum Gasteiger partial charge on any atom is -0.410 e. The van der Waals surface area contributed by atoms with Crippen molar-refractivity contribution in [1.82, 2.24) is 4.90 Å². The Balaban J connectivity index is 1.91. The molecule has 0 aromatic heterocycles. The van der Waals surface area contributed by atoms with E-state index in [1.165, 1.54) is 0 Å². The van der Waals surface area contributed by atoms with Gasteiger partial charge in [0.05, 0.1) is 6.04 Å². The van der Waals surface area contributed by atoms with Crippen LogP contribution < -0.4 is 4.74 Å². The summed E-state index contributed by atoms with van der Waals surface area (Å²) in [6.45, 7) is 2.54. The van der Waals surface area contributed by atoms with Crippen LogP contribution >= 0.6 is 11.6 Å². The van der Waals surface area contributed by atoms with Gasteiger partial charge in [-0.25, -0.2) is 4.79 Å². The van der Waals surface area contributed by atoms with Crippen LogP contribution in [0, 0.1) is 0 Å². The lowest BCUT2D eigenvalue weighted by Gasteiger charge is -2.35. The average molecular weight is 344 g/mol. The van der Waals surface area contributed by atoms with Crippen LogP contribution in [0.25, 0.3) is 0 Å². The van der Waals surface area contributed by atoms with Crippen molar-refractivity contribution in [2.24, 2.45) is 0 Å². The van der Waals surface area contributed by atoms with E-state index in [1.54, 1.807) is 35.2 Å². The molecule has 124 valence electrons. The summed E-state index contributed by atoms with van der Waals surface area (Å²) >= 11 is 5.88. The molecule has 1 heterocycles. The Morgan fingerprint density at radius 1 is 1.17 bits per heavy atom. The van der Waals surface area contributed by atoms with Gasteiger partial charge in [0, 0.05) is 29.1 Å². The molecular formula is C19H18ClNO3. The maximum absolute atomic E-state index is 12.7. The molecule has 0 N–H and O–H groups in total. The number of carbonyl (C=O) groups excluding carboxylic acids is 2. The van der Waals surface area contributed by atoms with Gasteiger partial charge >= 0.3 is 6.09 Å². The lowest BCUT2D eigenvalue weighted by Crippen LogP contribution is -2.42. The Kier molecular flexibility index (Phi) is 4.86. The molecule has 0 saturated heterocycles. The number of hydrogen-bond donors (Lipinski definition) is 0. The van der Waals surface area contributed by atoms with Gasteiger partial charge < -0.3 is 9.64 Å². The van der Waals surface area contributed by atoms with Crippen LogP contribution in [0.5, 0.6) is 5.75 Å². The molecule has 1 amide bonds. The van der Waals surface area contributed by atoms with E-state index in [-0.39, 0.29) is 18.2 Å². The summed E-state index contributed by atoms with van der Waals surface area (Å²) in [5.74, 6) is 0.506. The van der Waals surface area contributed by atoms with E-state index in [1.807, 2.05) is 25.1 Å². The fourth-order valence-electron chi connectivity index (χ4n) is 2.93. The smallest absolute Gasteiger partial charge is 0.410 e. The number of nitrogens with zero attached hydrogens (tertiary/aromatic N) is 1. The first kappa shape index (κ1) is 16.5. The molecule has 24 heavy (non-hydrogen) atoms. The fourth-order valence-corrected chi connectivity index (χ4v) is 3.06. The van der Waals surface area contributed by atoms with Gasteiger partial charge in [-0.1, -0.05) is 36.7 Å². The van der Waals surface area contributed by atoms with Crippen molar-refractivity contribution in [2.75, 3.05) is 6.54 Å². The highest BCUT2D eigenvalue weighted by Gasteiger charge is 2.35. The molecule has 1 aliphatic rings. The van der Waals surface area contributed by atoms with Gasteiger partial charge in [0.2, 0.25) is 0 Å². The summed E-state index contributed by atoms with van der Waals surface area (Å²) in [6, 6.07) is 13.9. The Morgan fingerprint density at radius 2 is 1.88 bits per heavy atom. The summed E-state index contributed by atoms with van der Waals surface area (Å²) in [7, 11) is 0. The number of amides is 1. The third kappa shape index (κ3) is 3.29. The number of fused-ring (bicyclic) bond motifs is 1. The second-order valence-electron chi connectivity index (χ2n) is 5.75. The second-order valence-corrected chi connectivity index (χ2v) is 6.19. The first-order valence-electron chi connectivity index (χ1n) is 7.96. The highest BCUT2D eigenvalue weighted by Crippen LogP contribution is 2.37. The van der Waals surface area contributed by atoms with Crippen LogP contribution in [0.1, 0.15) is 41.7 Å². The molecule has 0 radical (unpaired) electrons. The van der Waals surface area contributed by atoms with Crippen LogP contribution in [0.4, 0.5) is 4.79 Å². The summed E-state index contributed by atoms with van der Waals surface area (Å²) in [5.41, 5.74) is 1.46. The topological polar surface area (TPSA) is 46.6 Å². The summed E-state index contributed by atoms with van der Waals surface area (Å²) in [4.78, 5) is 26.6. The van der Waals surface area contributed by atoms with Gasteiger partial charge in [-0.05, 0) is 36.8 Å². The van der Waals surface area contributed by atoms with Crippen LogP contribution in [-0.2, 0) is 0 Å². The Bertz CT molecular complexity index is 757. The van der Waals surface area contributed by atoms with E-state index >= 15 is 0 Å². The molecule has 2 aromatic carbocycles. The maximum Gasteiger partial charge on any atom is 0.415 e. The van der Waals surface area contributed by atoms with Gasteiger partial charge in [-0.15, -0.1) is 0 Å². The minimum absolute atomic E-state index is 0.0257. The number of rotatable bonds is 5. The molecule has 1 aliphatic heterocycles. The monoisotopic (exact) mass is 343 g/mol. The molecule has 0 spiro atoms. The first-order chi connectivity index (χ1) is 11.6. The molecule has 3 rings (SSSR count). The largest absolute Gasteiger partial charge is 0.415 e. The summed E-state index contributed by atoms with van der Waals surface area (Å²) < 4.78 is 5.39.